The summed E-state index contributed by atoms with van der Waals surface area (Å²) in [7, 11) is 0. The van der Waals surface area contributed by atoms with Crippen LogP contribution in [0.3, 0.4) is 0 Å². The Kier molecular flexibility index (Phi) is 5.72. The van der Waals surface area contributed by atoms with Gasteiger partial charge in [0.15, 0.2) is 0 Å². The zero-order chi connectivity index (χ0) is 24.6. The molecule has 35 heavy (non-hydrogen) atoms. The summed E-state index contributed by atoms with van der Waals surface area (Å²) in [6, 6.07) is 19.5. The van der Waals surface area contributed by atoms with E-state index in [1.165, 1.54) is 6.07 Å². The van der Waals surface area contributed by atoms with Gasteiger partial charge in [-0.1, -0.05) is 48.5 Å². The van der Waals surface area contributed by atoms with E-state index in [4.69, 9.17) is 9.84 Å². The molecule has 0 bridgehead atoms. The normalized spacial score (nSPS) is 15.0. The lowest BCUT2D eigenvalue weighted by Gasteiger charge is -2.18. The first kappa shape index (κ1) is 22.6. The third kappa shape index (κ3) is 4.35. The molecule has 7 nitrogen and oxygen atoms in total. The molecular formula is C27H23FN2O5. The van der Waals surface area contributed by atoms with Crippen molar-refractivity contribution in [2.75, 3.05) is 18.5 Å². The van der Waals surface area contributed by atoms with Gasteiger partial charge in [-0.3, -0.25) is 4.79 Å². The first-order valence-corrected chi connectivity index (χ1v) is 11.3. The molecule has 2 amide bonds. The second-order valence-electron chi connectivity index (χ2n) is 8.91. The van der Waals surface area contributed by atoms with Crippen LogP contribution in [0.25, 0.3) is 11.1 Å². The number of carboxylic acid groups (broad SMARTS) is 1. The van der Waals surface area contributed by atoms with Crippen molar-refractivity contribution in [1.29, 1.82) is 0 Å². The number of halogens is 1. The molecule has 0 heterocycles. The number of ether oxygens (including phenoxy) is 1. The summed E-state index contributed by atoms with van der Waals surface area (Å²) in [6.07, 6.45) is 0.527. The Bertz CT molecular complexity index is 1290. The zero-order valence-corrected chi connectivity index (χ0v) is 18.7. The number of hydrogen-bond donors (Lipinski definition) is 3. The summed E-state index contributed by atoms with van der Waals surface area (Å²) in [4.78, 5) is 36.1. The lowest BCUT2D eigenvalue weighted by molar-refractivity contribution is -0.120. The van der Waals surface area contributed by atoms with Crippen molar-refractivity contribution >= 4 is 23.7 Å². The Morgan fingerprint density at radius 3 is 2.17 bits per heavy atom. The molecule has 3 aromatic carbocycles. The second-order valence-corrected chi connectivity index (χ2v) is 8.91. The van der Waals surface area contributed by atoms with E-state index >= 15 is 0 Å². The quantitative estimate of drug-likeness (QED) is 0.457. The molecule has 8 heteroatoms. The number of amides is 2. The van der Waals surface area contributed by atoms with Gasteiger partial charge in [-0.2, -0.15) is 0 Å². The number of carboxylic acids is 1. The Labute approximate surface area is 200 Å². The van der Waals surface area contributed by atoms with E-state index in [0.717, 1.165) is 34.4 Å². The van der Waals surface area contributed by atoms with Crippen LogP contribution in [0.4, 0.5) is 14.9 Å². The topological polar surface area (TPSA) is 105 Å². The SMILES string of the molecule is O=C(NCC1(C(=O)Nc2ccc(C(=O)O)c(F)c2)CC1)OCC1c2ccccc2-c2ccccc21. The molecule has 0 aliphatic heterocycles. The van der Waals surface area contributed by atoms with Crippen LogP contribution in [0.5, 0.6) is 0 Å². The van der Waals surface area contributed by atoms with Crippen LogP contribution in [0.2, 0.25) is 0 Å². The number of aromatic carboxylic acids is 1. The highest BCUT2D eigenvalue weighted by Gasteiger charge is 2.50. The van der Waals surface area contributed by atoms with Gasteiger partial charge < -0.3 is 20.5 Å². The molecule has 0 atom stereocenters. The van der Waals surface area contributed by atoms with Crippen molar-refractivity contribution in [2.45, 2.75) is 18.8 Å². The molecule has 0 radical (unpaired) electrons. The molecule has 2 aliphatic rings. The van der Waals surface area contributed by atoms with Gasteiger partial charge in [0, 0.05) is 18.2 Å². The number of nitrogens with one attached hydrogen (secondary N) is 2. The second kappa shape index (κ2) is 8.87. The average Bonchev–Trinajstić information content (AvgIpc) is 3.58. The van der Waals surface area contributed by atoms with Gasteiger partial charge in [0.05, 0.1) is 11.0 Å². The molecule has 3 aromatic rings. The molecule has 0 saturated heterocycles. The highest BCUT2D eigenvalue weighted by molar-refractivity contribution is 5.98. The smallest absolute Gasteiger partial charge is 0.407 e. The fraction of sp³-hybridized carbons (Fsp3) is 0.222. The lowest BCUT2D eigenvalue weighted by Crippen LogP contribution is -2.37. The predicted molar refractivity (Wildman–Crippen MR) is 127 cm³/mol. The number of fused-ring (bicyclic) bond motifs is 3. The number of carbonyl (C=O) groups excluding carboxylic acids is 2. The van der Waals surface area contributed by atoms with Gasteiger partial charge in [0.1, 0.15) is 12.4 Å². The Morgan fingerprint density at radius 1 is 0.971 bits per heavy atom. The van der Waals surface area contributed by atoms with E-state index in [0.29, 0.717) is 12.8 Å². The molecule has 5 rings (SSSR count). The van der Waals surface area contributed by atoms with Crippen molar-refractivity contribution in [3.05, 3.63) is 89.2 Å². The van der Waals surface area contributed by atoms with E-state index < -0.39 is 28.9 Å². The Balaban J connectivity index is 1.17. The van der Waals surface area contributed by atoms with Gasteiger partial charge >= 0.3 is 12.1 Å². The maximum atomic E-state index is 13.9. The maximum absolute atomic E-state index is 13.9. The minimum atomic E-state index is -1.38. The van der Waals surface area contributed by atoms with Crippen LogP contribution in [0, 0.1) is 11.2 Å². The summed E-state index contributed by atoms with van der Waals surface area (Å²) >= 11 is 0. The number of alkyl carbamates (subject to hydrolysis) is 1. The van der Waals surface area contributed by atoms with Crippen LogP contribution in [-0.2, 0) is 9.53 Å². The number of carbonyl (C=O) groups is 3. The predicted octanol–water partition coefficient (Wildman–Crippen LogP) is 4.78. The van der Waals surface area contributed by atoms with Crippen molar-refractivity contribution in [3.8, 4) is 11.1 Å². The maximum Gasteiger partial charge on any atom is 0.407 e. The third-order valence-corrected chi connectivity index (χ3v) is 6.71. The van der Waals surface area contributed by atoms with Crippen LogP contribution < -0.4 is 10.6 Å². The van der Waals surface area contributed by atoms with Gasteiger partial charge in [0.25, 0.3) is 0 Å². The van der Waals surface area contributed by atoms with Crippen molar-refractivity contribution < 1.29 is 28.6 Å². The number of rotatable bonds is 7. The summed E-state index contributed by atoms with van der Waals surface area (Å²) < 4.78 is 19.4. The van der Waals surface area contributed by atoms with Crippen molar-refractivity contribution in [3.63, 3.8) is 0 Å². The minimum absolute atomic E-state index is 0.0602. The van der Waals surface area contributed by atoms with Crippen molar-refractivity contribution in [1.82, 2.24) is 5.32 Å². The van der Waals surface area contributed by atoms with Crippen LogP contribution in [0.1, 0.15) is 40.2 Å². The largest absolute Gasteiger partial charge is 0.478 e. The van der Waals surface area contributed by atoms with E-state index in [2.05, 4.69) is 22.8 Å². The van der Waals surface area contributed by atoms with E-state index in [9.17, 15) is 18.8 Å². The minimum Gasteiger partial charge on any atom is -0.478 e. The number of anilines is 1. The third-order valence-electron chi connectivity index (χ3n) is 6.71. The Hall–Kier alpha value is -4.20. The fourth-order valence-electron chi connectivity index (χ4n) is 4.56. The molecular weight excluding hydrogens is 451 g/mol. The molecule has 0 spiro atoms. The summed E-state index contributed by atoms with van der Waals surface area (Å²) in [5, 5.41) is 14.2. The fourth-order valence-corrected chi connectivity index (χ4v) is 4.56. The highest BCUT2D eigenvalue weighted by Crippen LogP contribution is 2.46. The van der Waals surface area contributed by atoms with Gasteiger partial charge in [-0.15, -0.1) is 0 Å². The highest BCUT2D eigenvalue weighted by atomic mass is 19.1. The lowest BCUT2D eigenvalue weighted by atomic mass is 9.98. The summed E-state index contributed by atoms with van der Waals surface area (Å²) in [5.74, 6) is -2.74. The molecule has 0 aromatic heterocycles. The monoisotopic (exact) mass is 474 g/mol. The van der Waals surface area contributed by atoms with E-state index in [-0.39, 0.29) is 30.7 Å². The van der Waals surface area contributed by atoms with E-state index in [1.54, 1.807) is 0 Å². The standard InChI is InChI=1S/C27H23FN2O5/c28-23-13-16(9-10-21(23)24(31)32)30-25(33)27(11-12-27)15-29-26(34)35-14-22-19-7-3-1-5-17(19)18-6-2-4-8-20(18)22/h1-10,13,22H,11-12,14-15H2,(H,29,34)(H,30,33)(H,31,32). The van der Waals surface area contributed by atoms with Crippen LogP contribution >= 0.6 is 0 Å². The van der Waals surface area contributed by atoms with Crippen molar-refractivity contribution in [2.24, 2.45) is 5.41 Å². The first-order valence-electron chi connectivity index (χ1n) is 11.3. The number of benzene rings is 3. The zero-order valence-electron chi connectivity index (χ0n) is 18.7. The molecule has 1 saturated carbocycles. The molecule has 3 N–H and O–H groups in total. The summed E-state index contributed by atoms with van der Waals surface area (Å²) in [5.41, 5.74) is 3.39. The van der Waals surface area contributed by atoms with Gasteiger partial charge in [-0.05, 0) is 53.3 Å². The van der Waals surface area contributed by atoms with Crippen LogP contribution in [0.15, 0.2) is 66.7 Å². The molecule has 1 fully saturated rings. The van der Waals surface area contributed by atoms with Crippen LogP contribution in [-0.4, -0.2) is 36.2 Å². The van der Waals surface area contributed by atoms with E-state index in [1.807, 2.05) is 36.4 Å². The molecule has 2 aliphatic carbocycles. The first-order chi connectivity index (χ1) is 16.9. The summed E-state index contributed by atoms with van der Waals surface area (Å²) in [6.45, 7) is 0.263. The van der Waals surface area contributed by atoms with Gasteiger partial charge in [-0.25, -0.2) is 14.0 Å². The van der Waals surface area contributed by atoms with Gasteiger partial charge in [0.2, 0.25) is 5.91 Å². The Morgan fingerprint density at radius 2 is 1.60 bits per heavy atom. The molecule has 0 unspecified atom stereocenters. The number of hydrogen-bond acceptors (Lipinski definition) is 4. The average molecular weight is 474 g/mol. The molecule has 178 valence electrons.